The lowest BCUT2D eigenvalue weighted by atomic mass is 9.96. The van der Waals surface area contributed by atoms with Gasteiger partial charge in [-0.3, -0.25) is 9.80 Å². The summed E-state index contributed by atoms with van der Waals surface area (Å²) in [6, 6.07) is 30.2. The molecule has 2 aliphatic rings. The second-order valence-electron chi connectivity index (χ2n) is 26.6. The Morgan fingerprint density at radius 1 is 0.281 bits per heavy atom. The van der Waals surface area contributed by atoms with Gasteiger partial charge in [0.05, 0.1) is 90.4 Å². The number of aryl methyl sites for hydroxylation is 12. The van der Waals surface area contributed by atoms with Crippen LogP contribution in [0.5, 0.6) is 63.2 Å². The Kier molecular flexibility index (Phi) is 151. The van der Waals surface area contributed by atoms with Crippen LogP contribution in [0.4, 0.5) is 0 Å². The van der Waals surface area contributed by atoms with Crippen LogP contribution in [0.25, 0.3) is 11.1 Å². The predicted molar refractivity (Wildman–Crippen MR) is 819 cm³/mol. The molecule has 7 aromatic rings. The number of hydrogen-bond donors (Lipinski definition) is 2. The standard InChI is InChI=1S/C18H22O2.C14H21NO3.C13H19NO3.C10H14O2.C9H12O2.C9H12O.2H8P6.2H7P5.3H6P4.4H5P3.2H4P2.H3P/c1-11-7-15(8-12(2)17(11)19-5)16-9-13(3)18(20-6)14(4)10-16;1-11-8-13(16-2)9-12(14(11)17-3)10-15-4-6-18-7-5-15;1-10-7-12(16-2)8-11(13(10)15)9-14-3-5-17-6-4-14;1-7-5-9(11-3)6-8(2)10(7)12-4;1-6-4-8(11-3)5-7(2)9(6)10;1-7-5-4-6-8(2)9(7)10-3;2*1-5(2)6(3)4;2*1-4-5(2)3;3*1-4(2)3;4*1-3-2;2*1-2;/h7-10H,1-6H3;8-9H,4-7,10H2,1-3H3;7-8,15H,3-6,9H2,1-2H3;5-6H,1-4H3;4-5,10H,1-3H3;4-6H,1-3H3;2*1-4H2;2*4H,1-3H2;3*1-3H2;4*3H,1-2H2;2*1-2H2;1H3. The van der Waals surface area contributed by atoms with Crippen LogP contribution in [0, 0.1) is 83.1 Å². The maximum Gasteiger partial charge on any atom is 0.126 e. The van der Waals surface area contributed by atoms with Crippen molar-refractivity contribution in [2.24, 2.45) is 0 Å². The van der Waals surface area contributed by atoms with Crippen LogP contribution in [-0.4, -0.2) is 137 Å². The van der Waals surface area contributed by atoms with Crippen LogP contribution in [-0.2, 0) is 22.6 Å². The average Bonchev–Trinajstić information content (AvgIpc) is 0.801. The van der Waals surface area contributed by atoms with E-state index in [9.17, 15) is 10.2 Å². The van der Waals surface area contributed by atoms with Crippen LogP contribution < -0.4 is 42.6 Å². The Labute approximate surface area is 951 Å². The molecule has 2 heterocycles. The van der Waals surface area contributed by atoms with Crippen molar-refractivity contribution in [3.63, 3.8) is 0 Å². The highest BCUT2D eigenvalue weighted by atomic mass is 33.0. The van der Waals surface area contributed by atoms with Gasteiger partial charge in [0.2, 0.25) is 0 Å². The van der Waals surface area contributed by atoms with Gasteiger partial charge in [-0.05, 0) is 297 Å². The summed E-state index contributed by atoms with van der Waals surface area (Å²) in [4.78, 5) is 4.65. The van der Waals surface area contributed by atoms with Crippen molar-refractivity contribution in [2.75, 3.05) is 117 Å². The number of rotatable bonds is 18. The zero-order chi connectivity index (χ0) is 110. The number of nitrogens with zero attached hydrogens (tertiary/aromatic N) is 2. The highest BCUT2D eigenvalue weighted by Gasteiger charge is 2.19. The molecule has 66 heteroatoms. The van der Waals surface area contributed by atoms with Gasteiger partial charge in [0, 0.05) is 50.4 Å². The summed E-state index contributed by atoms with van der Waals surface area (Å²) in [7, 11) is 113. The van der Waals surface area contributed by atoms with Crippen LogP contribution >= 0.6 is 433 Å². The summed E-state index contributed by atoms with van der Waals surface area (Å²) >= 11 is 0. The minimum Gasteiger partial charge on any atom is -0.507 e. The first-order chi connectivity index (χ1) is 64.7. The van der Waals surface area contributed by atoms with Crippen molar-refractivity contribution >= 4 is 433 Å². The summed E-state index contributed by atoms with van der Waals surface area (Å²) in [6.07, 6.45) is 0. The van der Waals surface area contributed by atoms with Crippen molar-refractivity contribution in [3.05, 3.63) is 169 Å². The van der Waals surface area contributed by atoms with Gasteiger partial charge in [-0.25, -0.2) is 0 Å². The Morgan fingerprint density at radius 2 is 0.460 bits per heavy atom. The molecule has 2 saturated heterocycles. The molecule has 38 unspecified atom stereocenters. The zero-order valence-electron chi connectivity index (χ0n) is 84.5. The average molecular weight is 2870 g/mol. The number of benzene rings is 7. The zero-order valence-corrected chi connectivity index (χ0v) is 140. The molecule has 2 fully saturated rings. The van der Waals surface area contributed by atoms with Crippen molar-refractivity contribution in [1.29, 1.82) is 0 Å². The molecule has 15 nitrogen and oxygen atoms in total. The first kappa shape index (κ1) is 175. The smallest absolute Gasteiger partial charge is 0.126 e. The number of hydrogen-bond acceptors (Lipinski definition) is 15. The number of methoxy groups -OCH3 is 9. The van der Waals surface area contributed by atoms with Gasteiger partial charge in [0.15, 0.2) is 0 Å². The molecule has 9 rings (SSSR count). The molecule has 2 N–H and O–H groups in total. The molecule has 0 saturated carbocycles. The minimum absolute atomic E-state index is 0. The van der Waals surface area contributed by atoms with E-state index in [0.29, 0.717) is 11.5 Å². The third-order valence-electron chi connectivity index (χ3n) is 16.0. The second-order valence-corrected chi connectivity index (χ2v) is 146. The number of morpholine rings is 2. The van der Waals surface area contributed by atoms with E-state index >= 15 is 0 Å². The summed E-state index contributed by atoms with van der Waals surface area (Å²) in [6.45, 7) is 34.1. The summed E-state index contributed by atoms with van der Waals surface area (Å²) in [5, 5.41) is 19.4. The van der Waals surface area contributed by atoms with Gasteiger partial charge in [-0.15, -0.1) is 312 Å². The lowest BCUT2D eigenvalue weighted by Crippen LogP contribution is -2.35. The first-order valence-electron chi connectivity index (χ1n) is 39.5. The lowest BCUT2D eigenvalue weighted by molar-refractivity contribution is 0.0338. The molecule has 814 valence electrons. The van der Waals surface area contributed by atoms with Crippen LogP contribution in [0.1, 0.15) is 77.9 Å². The normalized spacial score (nSPS) is 11.2. The molecule has 139 heavy (non-hydrogen) atoms. The Morgan fingerprint density at radius 3 is 0.662 bits per heavy atom. The molecule has 2 aliphatic heterocycles. The van der Waals surface area contributed by atoms with E-state index in [4.69, 9.17) is 52.1 Å². The maximum absolute atomic E-state index is 10.0. The third kappa shape index (κ3) is 103. The minimum atomic E-state index is 0. The van der Waals surface area contributed by atoms with Gasteiger partial charge in [0.1, 0.15) is 63.2 Å². The number of phenols is 2. The van der Waals surface area contributed by atoms with E-state index < -0.39 is 0 Å². The maximum atomic E-state index is 10.0. The fourth-order valence-electron chi connectivity index (χ4n) is 10.8. The van der Waals surface area contributed by atoms with Gasteiger partial charge in [-0.2, -0.15) is 9.90 Å². The van der Waals surface area contributed by atoms with E-state index in [2.05, 4.69) is 380 Å². The second kappa shape index (κ2) is 120. The molecule has 0 bridgehead atoms. The van der Waals surface area contributed by atoms with E-state index in [1.807, 2.05) is 116 Å². The number of para-hydroxylation sites is 1. The van der Waals surface area contributed by atoms with Crippen molar-refractivity contribution in [1.82, 2.24) is 9.80 Å². The predicted octanol–water partition coefficient (Wildman–Crippen LogP) is 37.4. The fourth-order valence-corrected chi connectivity index (χ4v) is 10.8. The van der Waals surface area contributed by atoms with E-state index in [1.165, 1.54) is 27.8 Å². The quantitative estimate of drug-likeness (QED) is 0.0785. The Bertz CT molecular complexity index is 3810. The van der Waals surface area contributed by atoms with Crippen LogP contribution in [0.3, 0.4) is 0 Å². The lowest BCUT2D eigenvalue weighted by Gasteiger charge is -2.27. The van der Waals surface area contributed by atoms with E-state index in [-0.39, 0.29) is 72.8 Å². The van der Waals surface area contributed by atoms with Gasteiger partial charge >= 0.3 is 0 Å². The third-order valence-corrected chi connectivity index (χ3v) is 82.5. The molecule has 38 atom stereocenters. The van der Waals surface area contributed by atoms with Gasteiger partial charge < -0.3 is 62.3 Å². The highest BCUT2D eigenvalue weighted by Crippen LogP contribution is 2.87. The summed E-state index contributed by atoms with van der Waals surface area (Å²) in [5.74, 6) is 8.92. The number of aromatic hydroxyl groups is 2. The molecule has 7 aromatic carbocycles. The fraction of sp³-hybridized carbons (Fsp3) is 0.425. The van der Waals surface area contributed by atoms with Crippen LogP contribution in [0.15, 0.2) is 91.0 Å². The van der Waals surface area contributed by atoms with Crippen LogP contribution in [0.2, 0.25) is 0 Å². The SMILES string of the molecule is COc1c(C)cc(-c2cc(C)c(OC)c(C)c2)cc1C.COc1c(C)cccc1C.COc1cc(C)c(O)c(C)c1.COc1cc(C)c(O)c(CN2CCOCC2)c1.COc1cc(C)c(OC)c(C)c1.COc1cc(C)c(OC)c(CN2CCOCC2)c1.P.PP.PP.PP(P)P.PP(P)P.PP(P)P.PP(P)P(P)P.PP(P)P(P)P.PPP.PPP.PPP.PPP.PPP(P)P.PPP(P)P. The molecule has 0 aromatic heterocycles. The topological polar surface area (TPSA) is 148 Å². The Hall–Kier alpha value is 14.1. The van der Waals surface area contributed by atoms with Gasteiger partial charge in [0.25, 0.3) is 0 Å². The van der Waals surface area contributed by atoms with Crippen molar-refractivity contribution < 1.29 is 62.3 Å². The number of phenolic OH excluding ortho intramolecular Hbond substituents is 2. The molecule has 0 aliphatic carbocycles. The summed E-state index contributed by atoms with van der Waals surface area (Å²) in [5.41, 5.74) is 17.4. The molecular formula is C73H179N2O13P51. The van der Waals surface area contributed by atoms with Gasteiger partial charge in [-0.1, -0.05) is 65.9 Å². The molecule has 0 amide bonds. The van der Waals surface area contributed by atoms with E-state index in [1.54, 1.807) is 64.0 Å². The first-order valence-corrected chi connectivity index (χ1v) is 118. The van der Waals surface area contributed by atoms with Crippen molar-refractivity contribution in [3.8, 4) is 74.4 Å². The molecule has 0 radical (unpaired) electrons. The highest BCUT2D eigenvalue weighted by molar-refractivity contribution is 8.93. The Balaban J connectivity index is -0.000000144. The number of ether oxygens (including phenoxy) is 11. The van der Waals surface area contributed by atoms with E-state index in [0.717, 1.165) is 226 Å². The van der Waals surface area contributed by atoms with Crippen molar-refractivity contribution in [2.45, 2.75) is 96.2 Å². The monoisotopic (exact) mass is 2870 g/mol. The largest absolute Gasteiger partial charge is 0.507 e. The molecular weight excluding hydrogens is 2690 g/mol. The summed E-state index contributed by atoms with van der Waals surface area (Å²) < 4.78 is 58.1. The molecule has 0 spiro atoms.